The minimum absolute atomic E-state index is 0.0125. The molecule has 1 aliphatic carbocycles. The van der Waals surface area contributed by atoms with Crippen molar-refractivity contribution in [1.29, 1.82) is 0 Å². The first-order valence-electron chi connectivity index (χ1n) is 5.97. The molecule has 0 bridgehead atoms. The van der Waals surface area contributed by atoms with Crippen molar-refractivity contribution in [1.82, 2.24) is 10.6 Å². The van der Waals surface area contributed by atoms with Crippen LogP contribution in [0.5, 0.6) is 0 Å². The van der Waals surface area contributed by atoms with Crippen LogP contribution in [0.1, 0.15) is 27.7 Å². The molecule has 0 aromatic heterocycles. The van der Waals surface area contributed by atoms with Crippen LogP contribution in [-0.2, 0) is 14.4 Å². The fourth-order valence-electron chi connectivity index (χ4n) is 2.24. The Morgan fingerprint density at radius 2 is 1.78 bits per heavy atom. The zero-order valence-electron chi connectivity index (χ0n) is 11.1. The number of hydrogen-bond donors (Lipinski definition) is 3. The van der Waals surface area contributed by atoms with E-state index in [2.05, 4.69) is 10.6 Å². The van der Waals surface area contributed by atoms with Gasteiger partial charge in [-0.2, -0.15) is 0 Å². The van der Waals surface area contributed by atoms with E-state index in [0.29, 0.717) is 0 Å². The van der Waals surface area contributed by atoms with E-state index in [-0.39, 0.29) is 24.4 Å². The lowest BCUT2D eigenvalue weighted by Gasteiger charge is -2.09. The quantitative estimate of drug-likeness (QED) is 0.644. The average molecular weight is 256 g/mol. The molecule has 0 spiro atoms. The van der Waals surface area contributed by atoms with Gasteiger partial charge >= 0.3 is 5.97 Å². The summed E-state index contributed by atoms with van der Waals surface area (Å²) in [4.78, 5) is 34.0. The molecule has 0 aromatic carbocycles. The SMILES string of the molecule is CC(C)NC(=O)CNC(=O)C1C(C(=O)O)C1(C)C. The molecular formula is C12H20N2O4. The second kappa shape index (κ2) is 4.96. The standard InChI is InChI=1S/C12H20N2O4/c1-6(2)14-7(15)5-13-10(16)8-9(11(17)18)12(8,3)4/h6,8-9H,5H2,1-4H3,(H,13,16)(H,14,15)(H,17,18). The van der Waals surface area contributed by atoms with Crippen LogP contribution < -0.4 is 10.6 Å². The minimum Gasteiger partial charge on any atom is -0.481 e. The molecule has 2 atom stereocenters. The Hall–Kier alpha value is -1.59. The molecule has 0 radical (unpaired) electrons. The second-order valence-electron chi connectivity index (χ2n) is 5.55. The number of carboxylic acids is 1. The Balaban J connectivity index is 2.44. The number of nitrogens with one attached hydrogen (secondary N) is 2. The number of carbonyl (C=O) groups is 3. The molecule has 1 saturated carbocycles. The van der Waals surface area contributed by atoms with Gasteiger partial charge in [-0.15, -0.1) is 0 Å². The lowest BCUT2D eigenvalue weighted by molar-refractivity contribution is -0.140. The van der Waals surface area contributed by atoms with Gasteiger partial charge in [-0.25, -0.2) is 0 Å². The summed E-state index contributed by atoms with van der Waals surface area (Å²) in [6.07, 6.45) is 0. The van der Waals surface area contributed by atoms with Crippen LogP contribution in [0.15, 0.2) is 0 Å². The average Bonchev–Trinajstić information content (AvgIpc) is 2.77. The highest BCUT2D eigenvalue weighted by Crippen LogP contribution is 2.58. The number of carboxylic acid groups (broad SMARTS) is 1. The zero-order chi connectivity index (χ0) is 14.1. The highest BCUT2D eigenvalue weighted by atomic mass is 16.4. The van der Waals surface area contributed by atoms with E-state index in [1.165, 1.54) is 0 Å². The molecule has 1 aliphatic rings. The number of aliphatic carboxylic acids is 1. The number of rotatable bonds is 5. The summed E-state index contributed by atoms with van der Waals surface area (Å²) < 4.78 is 0. The Bertz CT molecular complexity index is 376. The summed E-state index contributed by atoms with van der Waals surface area (Å²) in [6.45, 7) is 7.01. The maximum absolute atomic E-state index is 11.8. The van der Waals surface area contributed by atoms with Crippen molar-refractivity contribution < 1.29 is 19.5 Å². The molecule has 0 heterocycles. The summed E-state index contributed by atoms with van der Waals surface area (Å²) in [6, 6.07) is 0.0125. The van der Waals surface area contributed by atoms with Gasteiger partial charge in [0.05, 0.1) is 18.4 Å². The Morgan fingerprint density at radius 1 is 1.22 bits per heavy atom. The third-order valence-electron chi connectivity index (χ3n) is 3.25. The maximum atomic E-state index is 11.8. The van der Waals surface area contributed by atoms with Crippen molar-refractivity contribution in [2.24, 2.45) is 17.3 Å². The first kappa shape index (κ1) is 14.5. The van der Waals surface area contributed by atoms with Crippen molar-refractivity contribution in [3.05, 3.63) is 0 Å². The Labute approximate surface area is 106 Å². The predicted octanol–water partition coefficient (Wildman–Crippen LogP) is -0.0160. The Morgan fingerprint density at radius 3 is 2.17 bits per heavy atom. The van der Waals surface area contributed by atoms with Crippen molar-refractivity contribution in [2.75, 3.05) is 6.54 Å². The zero-order valence-corrected chi connectivity index (χ0v) is 11.1. The largest absolute Gasteiger partial charge is 0.481 e. The number of amides is 2. The normalized spacial score (nSPS) is 24.5. The molecule has 1 fully saturated rings. The summed E-state index contributed by atoms with van der Waals surface area (Å²) in [7, 11) is 0. The van der Waals surface area contributed by atoms with Crippen LogP contribution in [0, 0.1) is 17.3 Å². The van der Waals surface area contributed by atoms with Gasteiger partial charge in [-0.05, 0) is 19.3 Å². The molecule has 1 rings (SSSR count). The highest BCUT2D eigenvalue weighted by molar-refractivity contribution is 5.93. The lowest BCUT2D eigenvalue weighted by atomic mass is 10.1. The molecule has 3 N–H and O–H groups in total. The van der Waals surface area contributed by atoms with Crippen LogP contribution in [-0.4, -0.2) is 35.5 Å². The molecule has 0 aliphatic heterocycles. The first-order chi connectivity index (χ1) is 8.17. The second-order valence-corrected chi connectivity index (χ2v) is 5.55. The van der Waals surface area contributed by atoms with Crippen molar-refractivity contribution in [3.63, 3.8) is 0 Å². The van der Waals surface area contributed by atoms with Crippen LogP contribution >= 0.6 is 0 Å². The van der Waals surface area contributed by atoms with Crippen LogP contribution in [0.4, 0.5) is 0 Å². The van der Waals surface area contributed by atoms with Gasteiger partial charge in [-0.3, -0.25) is 14.4 Å². The summed E-state index contributed by atoms with van der Waals surface area (Å²) in [5, 5.41) is 14.1. The minimum atomic E-state index is -0.966. The molecule has 6 heteroatoms. The topological polar surface area (TPSA) is 95.5 Å². The van der Waals surface area contributed by atoms with E-state index in [4.69, 9.17) is 5.11 Å². The first-order valence-corrected chi connectivity index (χ1v) is 5.97. The molecule has 0 saturated heterocycles. The van der Waals surface area contributed by atoms with Gasteiger partial charge in [-0.1, -0.05) is 13.8 Å². The number of hydrogen-bond acceptors (Lipinski definition) is 3. The molecule has 18 heavy (non-hydrogen) atoms. The third-order valence-corrected chi connectivity index (χ3v) is 3.25. The van der Waals surface area contributed by atoms with Crippen LogP contribution in [0.25, 0.3) is 0 Å². The monoisotopic (exact) mass is 256 g/mol. The molecule has 102 valence electrons. The van der Waals surface area contributed by atoms with Gasteiger partial charge in [0.1, 0.15) is 0 Å². The molecule has 6 nitrogen and oxygen atoms in total. The molecular weight excluding hydrogens is 236 g/mol. The van der Waals surface area contributed by atoms with Crippen LogP contribution in [0.3, 0.4) is 0 Å². The smallest absolute Gasteiger partial charge is 0.307 e. The predicted molar refractivity (Wildman–Crippen MR) is 64.7 cm³/mol. The van der Waals surface area contributed by atoms with Gasteiger partial charge in [0.2, 0.25) is 11.8 Å². The summed E-state index contributed by atoms with van der Waals surface area (Å²) >= 11 is 0. The highest BCUT2D eigenvalue weighted by Gasteiger charge is 2.65. The van der Waals surface area contributed by atoms with E-state index in [1.54, 1.807) is 13.8 Å². The van der Waals surface area contributed by atoms with Crippen molar-refractivity contribution in [2.45, 2.75) is 33.7 Å². The summed E-state index contributed by atoms with van der Waals surface area (Å²) in [5.41, 5.74) is -0.537. The lowest BCUT2D eigenvalue weighted by Crippen LogP contribution is -2.40. The third kappa shape index (κ3) is 3.00. The van der Waals surface area contributed by atoms with Crippen molar-refractivity contribution >= 4 is 17.8 Å². The van der Waals surface area contributed by atoms with E-state index in [9.17, 15) is 14.4 Å². The van der Waals surface area contributed by atoms with Crippen molar-refractivity contribution in [3.8, 4) is 0 Å². The fourth-order valence-corrected chi connectivity index (χ4v) is 2.24. The van der Waals surface area contributed by atoms with E-state index >= 15 is 0 Å². The molecule has 2 unspecified atom stereocenters. The van der Waals surface area contributed by atoms with Gasteiger partial charge in [0, 0.05) is 6.04 Å². The van der Waals surface area contributed by atoms with Gasteiger partial charge in [0.15, 0.2) is 0 Å². The van der Waals surface area contributed by atoms with E-state index in [0.717, 1.165) is 0 Å². The number of carbonyl (C=O) groups excluding carboxylic acids is 2. The molecule has 2 amide bonds. The van der Waals surface area contributed by atoms with Crippen LogP contribution in [0.2, 0.25) is 0 Å². The van der Waals surface area contributed by atoms with E-state index < -0.39 is 23.2 Å². The van der Waals surface area contributed by atoms with Gasteiger partial charge in [0.25, 0.3) is 0 Å². The summed E-state index contributed by atoms with van der Waals surface area (Å²) in [5.74, 6) is -2.82. The molecule has 0 aromatic rings. The Kier molecular flexibility index (Phi) is 3.98. The maximum Gasteiger partial charge on any atom is 0.307 e. The fraction of sp³-hybridized carbons (Fsp3) is 0.750. The van der Waals surface area contributed by atoms with Gasteiger partial charge < -0.3 is 15.7 Å². The van der Waals surface area contributed by atoms with E-state index in [1.807, 2.05) is 13.8 Å².